The van der Waals surface area contributed by atoms with Crippen LogP contribution in [0, 0.1) is 6.92 Å². The molecule has 2 rings (SSSR count). The highest BCUT2D eigenvalue weighted by Gasteiger charge is 2.03. The number of aryl methyl sites for hydroxylation is 1. The second-order valence-electron chi connectivity index (χ2n) is 4.14. The largest absolute Gasteiger partial charge is 0.393 e. The van der Waals surface area contributed by atoms with Crippen LogP contribution in [0.15, 0.2) is 41.7 Å². The van der Waals surface area contributed by atoms with Crippen LogP contribution < -0.4 is 5.32 Å². The number of allylic oxidation sites excluding steroid dienone is 1. The Morgan fingerprint density at radius 3 is 2.94 bits per heavy atom. The fraction of sp³-hybridized carbons (Fsp3) is 0.200. The number of aliphatic imine (C=N–C) groups is 1. The van der Waals surface area contributed by atoms with E-state index in [1.807, 2.05) is 37.8 Å². The van der Waals surface area contributed by atoms with Gasteiger partial charge in [0.1, 0.15) is 0 Å². The molecular weight excluding hydrogens is 222 g/mol. The van der Waals surface area contributed by atoms with E-state index in [0.717, 1.165) is 16.7 Å². The maximum Gasteiger partial charge on any atom is 0.0705 e. The summed E-state index contributed by atoms with van der Waals surface area (Å²) in [6.45, 7) is 2.10. The predicted molar refractivity (Wildman–Crippen MR) is 77.9 cm³/mol. The van der Waals surface area contributed by atoms with E-state index < -0.39 is 0 Å². The number of benzene rings is 1. The Labute approximate surface area is 107 Å². The molecular formula is C15H17N3. The SMILES string of the molecule is C/N=C\C(=C/NC)c1cnc2cccc(C)c2c1. The summed E-state index contributed by atoms with van der Waals surface area (Å²) >= 11 is 0. The molecule has 0 atom stereocenters. The van der Waals surface area contributed by atoms with Gasteiger partial charge in [-0.3, -0.25) is 9.98 Å². The van der Waals surface area contributed by atoms with Gasteiger partial charge in [0, 0.05) is 49.2 Å². The third-order valence-electron chi connectivity index (χ3n) is 2.85. The molecule has 0 aliphatic heterocycles. The summed E-state index contributed by atoms with van der Waals surface area (Å²) < 4.78 is 0. The summed E-state index contributed by atoms with van der Waals surface area (Å²) in [6.07, 6.45) is 5.64. The van der Waals surface area contributed by atoms with Gasteiger partial charge in [-0.25, -0.2) is 0 Å². The van der Waals surface area contributed by atoms with Gasteiger partial charge in [0.05, 0.1) is 5.52 Å². The molecule has 2 aromatic rings. The lowest BCUT2D eigenvalue weighted by Crippen LogP contribution is -1.98. The van der Waals surface area contributed by atoms with Gasteiger partial charge in [0.2, 0.25) is 0 Å². The van der Waals surface area contributed by atoms with E-state index in [0.29, 0.717) is 0 Å². The Hall–Kier alpha value is -2.16. The molecule has 0 saturated carbocycles. The fourth-order valence-corrected chi connectivity index (χ4v) is 1.94. The maximum absolute atomic E-state index is 4.50. The van der Waals surface area contributed by atoms with E-state index >= 15 is 0 Å². The third kappa shape index (κ3) is 2.40. The number of aromatic nitrogens is 1. The van der Waals surface area contributed by atoms with E-state index in [1.165, 1.54) is 10.9 Å². The van der Waals surface area contributed by atoms with Crippen LogP contribution in [0.2, 0.25) is 0 Å². The zero-order valence-electron chi connectivity index (χ0n) is 10.9. The summed E-state index contributed by atoms with van der Waals surface area (Å²) in [4.78, 5) is 8.57. The molecule has 1 aromatic heterocycles. The van der Waals surface area contributed by atoms with Crippen molar-refractivity contribution >= 4 is 22.7 Å². The van der Waals surface area contributed by atoms with E-state index in [-0.39, 0.29) is 0 Å². The second kappa shape index (κ2) is 5.45. The summed E-state index contributed by atoms with van der Waals surface area (Å²) in [5, 5.41) is 4.21. The van der Waals surface area contributed by atoms with Crippen LogP contribution in [0.5, 0.6) is 0 Å². The second-order valence-corrected chi connectivity index (χ2v) is 4.14. The van der Waals surface area contributed by atoms with Crippen molar-refractivity contribution in [1.82, 2.24) is 10.3 Å². The number of hydrogen-bond acceptors (Lipinski definition) is 3. The van der Waals surface area contributed by atoms with Crippen LogP contribution in [-0.4, -0.2) is 25.3 Å². The molecule has 0 fully saturated rings. The molecule has 0 radical (unpaired) electrons. The Morgan fingerprint density at radius 2 is 2.22 bits per heavy atom. The minimum atomic E-state index is 1.02. The van der Waals surface area contributed by atoms with Gasteiger partial charge in [-0.15, -0.1) is 0 Å². The van der Waals surface area contributed by atoms with Crippen molar-refractivity contribution in [3.05, 3.63) is 47.8 Å². The maximum atomic E-state index is 4.50. The topological polar surface area (TPSA) is 37.3 Å². The van der Waals surface area contributed by atoms with E-state index in [4.69, 9.17) is 0 Å². The van der Waals surface area contributed by atoms with Gasteiger partial charge < -0.3 is 5.32 Å². The van der Waals surface area contributed by atoms with Crippen molar-refractivity contribution in [2.45, 2.75) is 6.92 Å². The molecule has 0 amide bonds. The third-order valence-corrected chi connectivity index (χ3v) is 2.85. The molecule has 0 aliphatic rings. The Balaban J connectivity index is 2.58. The van der Waals surface area contributed by atoms with Gasteiger partial charge in [-0.1, -0.05) is 12.1 Å². The monoisotopic (exact) mass is 239 g/mol. The first kappa shape index (κ1) is 12.3. The molecule has 3 heteroatoms. The number of nitrogens with zero attached hydrogens (tertiary/aromatic N) is 2. The standard InChI is InChI=1S/C15H17N3/c1-11-5-4-6-15-14(11)7-12(10-18-15)13(8-16-2)9-17-3/h4-10,16H,1-3H3/b13-8+,17-9-. The first-order chi connectivity index (χ1) is 8.76. The quantitative estimate of drug-likeness (QED) is 0.836. The number of rotatable bonds is 3. The van der Waals surface area contributed by atoms with Crippen LogP contribution >= 0.6 is 0 Å². The highest BCUT2D eigenvalue weighted by atomic mass is 14.8. The molecule has 0 unspecified atom stereocenters. The summed E-state index contributed by atoms with van der Waals surface area (Å²) in [7, 11) is 3.65. The van der Waals surface area contributed by atoms with Gasteiger partial charge in [0.15, 0.2) is 0 Å². The lowest BCUT2D eigenvalue weighted by Gasteiger charge is -2.06. The van der Waals surface area contributed by atoms with E-state index in [1.54, 1.807) is 7.05 Å². The lowest BCUT2D eigenvalue weighted by molar-refractivity contribution is 1.11. The minimum absolute atomic E-state index is 1.02. The fourth-order valence-electron chi connectivity index (χ4n) is 1.94. The molecule has 1 N–H and O–H groups in total. The average molecular weight is 239 g/mol. The molecule has 0 bridgehead atoms. The molecule has 0 aliphatic carbocycles. The molecule has 3 nitrogen and oxygen atoms in total. The average Bonchev–Trinajstić information content (AvgIpc) is 2.39. The highest BCUT2D eigenvalue weighted by Crippen LogP contribution is 2.20. The van der Waals surface area contributed by atoms with Crippen molar-refractivity contribution in [2.24, 2.45) is 4.99 Å². The van der Waals surface area contributed by atoms with Crippen molar-refractivity contribution in [2.75, 3.05) is 14.1 Å². The molecule has 1 aromatic carbocycles. The number of fused-ring (bicyclic) bond motifs is 1. The summed E-state index contributed by atoms with van der Waals surface area (Å²) in [6, 6.07) is 8.31. The van der Waals surface area contributed by atoms with Crippen molar-refractivity contribution in [1.29, 1.82) is 0 Å². The molecule has 0 saturated heterocycles. The first-order valence-electron chi connectivity index (χ1n) is 5.91. The van der Waals surface area contributed by atoms with Gasteiger partial charge in [-0.05, 0) is 24.6 Å². The van der Waals surface area contributed by atoms with Gasteiger partial charge >= 0.3 is 0 Å². The van der Waals surface area contributed by atoms with Crippen LogP contribution in [0.25, 0.3) is 16.5 Å². The predicted octanol–water partition coefficient (Wildman–Crippen LogP) is 2.80. The Kier molecular flexibility index (Phi) is 3.72. The summed E-state index contributed by atoms with van der Waals surface area (Å²) in [5.41, 5.74) is 4.35. The van der Waals surface area contributed by atoms with E-state index in [9.17, 15) is 0 Å². The molecule has 1 heterocycles. The number of pyridine rings is 1. The number of hydrogen-bond donors (Lipinski definition) is 1. The Morgan fingerprint density at radius 1 is 1.39 bits per heavy atom. The molecule has 92 valence electrons. The highest BCUT2D eigenvalue weighted by molar-refractivity contribution is 6.10. The Bertz CT molecular complexity index is 612. The van der Waals surface area contributed by atoms with Gasteiger partial charge in [0.25, 0.3) is 0 Å². The van der Waals surface area contributed by atoms with Crippen LogP contribution in [0.1, 0.15) is 11.1 Å². The minimum Gasteiger partial charge on any atom is -0.393 e. The number of nitrogens with one attached hydrogen (secondary N) is 1. The first-order valence-corrected chi connectivity index (χ1v) is 5.91. The zero-order valence-corrected chi connectivity index (χ0v) is 10.9. The zero-order chi connectivity index (χ0) is 13.0. The van der Waals surface area contributed by atoms with Gasteiger partial charge in [-0.2, -0.15) is 0 Å². The normalized spacial score (nSPS) is 12.3. The van der Waals surface area contributed by atoms with Crippen LogP contribution in [0.4, 0.5) is 0 Å². The van der Waals surface area contributed by atoms with Crippen molar-refractivity contribution < 1.29 is 0 Å². The van der Waals surface area contributed by atoms with Crippen LogP contribution in [0.3, 0.4) is 0 Å². The molecule has 18 heavy (non-hydrogen) atoms. The van der Waals surface area contributed by atoms with Crippen molar-refractivity contribution in [3.8, 4) is 0 Å². The summed E-state index contributed by atoms with van der Waals surface area (Å²) in [5.74, 6) is 0. The molecule has 0 spiro atoms. The van der Waals surface area contributed by atoms with E-state index in [2.05, 4.69) is 34.3 Å². The van der Waals surface area contributed by atoms with Crippen molar-refractivity contribution in [3.63, 3.8) is 0 Å². The van der Waals surface area contributed by atoms with Crippen LogP contribution in [-0.2, 0) is 0 Å². The lowest BCUT2D eigenvalue weighted by atomic mass is 10.0. The smallest absolute Gasteiger partial charge is 0.0705 e.